The zero-order chi connectivity index (χ0) is 27.7. The number of aromatic nitrogens is 2. The lowest BCUT2D eigenvalue weighted by atomic mass is 10.0. The van der Waals surface area contributed by atoms with Crippen molar-refractivity contribution in [2.24, 2.45) is 5.10 Å². The van der Waals surface area contributed by atoms with Gasteiger partial charge in [0.2, 0.25) is 0 Å². The maximum Gasteiger partial charge on any atom is 0.281 e. The average Bonchev–Trinajstić information content (AvgIpc) is 3.69. The van der Waals surface area contributed by atoms with Crippen LogP contribution in [-0.4, -0.2) is 69.3 Å². The van der Waals surface area contributed by atoms with Gasteiger partial charge in [-0.2, -0.15) is 5.10 Å². The highest BCUT2D eigenvalue weighted by Crippen LogP contribution is 2.24. The van der Waals surface area contributed by atoms with Crippen LogP contribution in [0.25, 0.3) is 5.69 Å². The number of carbonyl (C=O) groups is 2. The van der Waals surface area contributed by atoms with Crippen molar-refractivity contribution < 1.29 is 9.59 Å². The summed E-state index contributed by atoms with van der Waals surface area (Å²) in [5, 5.41) is 7.32. The molecule has 0 radical (unpaired) electrons. The zero-order valence-corrected chi connectivity index (χ0v) is 23.9. The van der Waals surface area contributed by atoms with Crippen LogP contribution in [0.15, 0.2) is 40.2 Å². The number of hydrazone groups is 1. The van der Waals surface area contributed by atoms with Crippen LogP contribution in [0.1, 0.15) is 74.3 Å². The van der Waals surface area contributed by atoms with Crippen molar-refractivity contribution in [1.82, 2.24) is 25.0 Å². The van der Waals surface area contributed by atoms with Crippen LogP contribution in [0, 0.1) is 20.8 Å². The van der Waals surface area contributed by atoms with Gasteiger partial charge < -0.3 is 9.80 Å². The lowest BCUT2D eigenvalue weighted by Crippen LogP contribution is -2.45. The number of amides is 2. The van der Waals surface area contributed by atoms with E-state index < -0.39 is 5.91 Å². The lowest BCUT2D eigenvalue weighted by Gasteiger charge is -2.36. The highest BCUT2D eigenvalue weighted by molar-refractivity contribution is 7.15. The molecule has 39 heavy (non-hydrogen) atoms. The third-order valence-corrected chi connectivity index (χ3v) is 9.03. The van der Waals surface area contributed by atoms with E-state index in [2.05, 4.69) is 20.5 Å². The summed E-state index contributed by atoms with van der Waals surface area (Å²) < 4.78 is 1.49. The Labute approximate surface area is 232 Å². The van der Waals surface area contributed by atoms with E-state index in [1.54, 1.807) is 26.0 Å². The number of thiophene rings is 1. The quantitative estimate of drug-likeness (QED) is 0.359. The molecule has 9 nitrogen and oxygen atoms in total. The normalized spacial score (nSPS) is 17.1. The van der Waals surface area contributed by atoms with Crippen LogP contribution >= 0.6 is 11.3 Å². The van der Waals surface area contributed by atoms with E-state index in [4.69, 9.17) is 0 Å². The number of piperidine rings is 1. The van der Waals surface area contributed by atoms with Gasteiger partial charge in [-0.15, -0.1) is 11.3 Å². The summed E-state index contributed by atoms with van der Waals surface area (Å²) in [6, 6.07) is 9.77. The van der Waals surface area contributed by atoms with E-state index in [1.807, 2.05) is 36.9 Å². The van der Waals surface area contributed by atoms with Gasteiger partial charge in [0.1, 0.15) is 0 Å². The van der Waals surface area contributed by atoms with Gasteiger partial charge in [0.25, 0.3) is 17.4 Å². The molecule has 0 atom stereocenters. The molecule has 0 aliphatic carbocycles. The Hall–Kier alpha value is -3.50. The molecule has 2 aliphatic rings. The van der Waals surface area contributed by atoms with Gasteiger partial charge in [-0.1, -0.05) is 6.07 Å². The molecular weight excluding hydrogens is 512 g/mol. The standard InChI is InChI=1S/C29H36N6O3S/c1-18-7-8-23(17-19(18)2)35-29(38)26(21(4)32-35)20(3)30-31-27(36)24-9-10-25(39-24)28(37)34-15-11-22(12-16-34)33-13-5-6-14-33/h7-10,17,22,32H,5-6,11-16H2,1-4H3,(H,31,36)/b30-20+. The second-order valence-electron chi connectivity index (χ2n) is 10.6. The zero-order valence-electron chi connectivity index (χ0n) is 23.0. The largest absolute Gasteiger partial charge is 0.338 e. The highest BCUT2D eigenvalue weighted by atomic mass is 32.1. The maximum atomic E-state index is 13.2. The van der Waals surface area contributed by atoms with Gasteiger partial charge in [0, 0.05) is 24.8 Å². The van der Waals surface area contributed by atoms with Gasteiger partial charge in [-0.3, -0.25) is 19.5 Å². The second-order valence-corrected chi connectivity index (χ2v) is 11.7. The lowest BCUT2D eigenvalue weighted by molar-refractivity contribution is 0.0649. The fraction of sp³-hybridized carbons (Fsp3) is 0.448. The SMILES string of the molecule is C/C(=N\NC(=O)c1ccc(C(=O)N2CCC(N3CCCC3)CC2)s1)c1c(C)[nH]n(-c2ccc(C)c(C)c2)c1=O. The van der Waals surface area contributed by atoms with E-state index in [9.17, 15) is 14.4 Å². The molecule has 2 N–H and O–H groups in total. The summed E-state index contributed by atoms with van der Waals surface area (Å²) in [6.07, 6.45) is 4.56. The van der Waals surface area contributed by atoms with Crippen LogP contribution < -0.4 is 11.0 Å². The first-order valence-corrected chi connectivity index (χ1v) is 14.4. The number of aryl methyl sites for hydroxylation is 3. The third-order valence-electron chi connectivity index (χ3n) is 7.96. The molecule has 2 amide bonds. The van der Waals surface area contributed by atoms with Crippen LogP contribution in [0.4, 0.5) is 0 Å². The number of hydrogen-bond acceptors (Lipinski definition) is 6. The first kappa shape index (κ1) is 27.1. The fourth-order valence-corrected chi connectivity index (χ4v) is 6.40. The third kappa shape index (κ3) is 5.62. The Morgan fingerprint density at radius 1 is 0.974 bits per heavy atom. The van der Waals surface area contributed by atoms with Crippen LogP contribution in [-0.2, 0) is 0 Å². The summed E-state index contributed by atoms with van der Waals surface area (Å²) in [4.78, 5) is 44.5. The molecule has 0 bridgehead atoms. The monoisotopic (exact) mass is 548 g/mol. The minimum absolute atomic E-state index is 0.0200. The van der Waals surface area contributed by atoms with Crippen LogP contribution in [0.3, 0.4) is 0 Å². The summed E-state index contributed by atoms with van der Waals surface area (Å²) >= 11 is 1.17. The first-order chi connectivity index (χ1) is 18.7. The molecule has 2 saturated heterocycles. The Kier molecular flexibility index (Phi) is 7.86. The van der Waals surface area contributed by atoms with E-state index in [1.165, 1.54) is 41.9 Å². The van der Waals surface area contributed by atoms with Crippen molar-refractivity contribution in [1.29, 1.82) is 0 Å². The number of carbonyl (C=O) groups excluding carboxylic acids is 2. The number of nitrogens with zero attached hydrogens (tertiary/aromatic N) is 4. The average molecular weight is 549 g/mol. The molecule has 1 aromatic carbocycles. The molecule has 10 heteroatoms. The molecule has 2 aliphatic heterocycles. The molecule has 5 rings (SSSR count). The van der Waals surface area contributed by atoms with Gasteiger partial charge in [-0.25, -0.2) is 10.1 Å². The molecule has 0 unspecified atom stereocenters. The second kappa shape index (κ2) is 11.3. The van der Waals surface area contributed by atoms with Crippen LogP contribution in [0.5, 0.6) is 0 Å². The fourth-order valence-electron chi connectivity index (χ4n) is 5.54. The van der Waals surface area contributed by atoms with Gasteiger partial charge in [0.15, 0.2) is 0 Å². The number of rotatable bonds is 6. The van der Waals surface area contributed by atoms with E-state index in [-0.39, 0.29) is 11.5 Å². The highest BCUT2D eigenvalue weighted by Gasteiger charge is 2.29. The minimum Gasteiger partial charge on any atom is -0.338 e. The molecule has 2 fully saturated rings. The Morgan fingerprint density at radius 3 is 2.36 bits per heavy atom. The molecule has 3 aromatic rings. The molecule has 0 saturated carbocycles. The number of aromatic amines is 1. The van der Waals surface area contributed by atoms with Crippen LogP contribution in [0.2, 0.25) is 0 Å². The summed E-state index contributed by atoms with van der Waals surface area (Å²) in [5.41, 5.74) is 6.77. The minimum atomic E-state index is -0.409. The summed E-state index contributed by atoms with van der Waals surface area (Å²) in [6.45, 7) is 11.4. The van der Waals surface area contributed by atoms with Gasteiger partial charge in [-0.05, 0) is 102 Å². The predicted molar refractivity (Wildman–Crippen MR) is 154 cm³/mol. The van der Waals surface area contributed by atoms with Crippen molar-refractivity contribution in [2.75, 3.05) is 26.2 Å². The summed E-state index contributed by atoms with van der Waals surface area (Å²) in [5.74, 6) is -0.428. The number of nitrogens with one attached hydrogen (secondary N) is 2. The maximum absolute atomic E-state index is 13.2. The predicted octanol–water partition coefficient (Wildman–Crippen LogP) is 4.01. The molecule has 0 spiro atoms. The van der Waals surface area contributed by atoms with Crippen molar-refractivity contribution in [3.05, 3.63) is 72.8 Å². The molecule has 206 valence electrons. The van der Waals surface area contributed by atoms with Gasteiger partial charge >= 0.3 is 0 Å². The van der Waals surface area contributed by atoms with Crippen molar-refractivity contribution in [3.63, 3.8) is 0 Å². The van der Waals surface area contributed by atoms with E-state index >= 15 is 0 Å². The van der Waals surface area contributed by atoms with E-state index in [0.29, 0.717) is 32.8 Å². The number of benzene rings is 1. The van der Waals surface area contributed by atoms with Crippen molar-refractivity contribution in [2.45, 2.75) is 59.4 Å². The topological polar surface area (TPSA) is 103 Å². The number of hydrogen-bond donors (Lipinski definition) is 2. The molecule has 4 heterocycles. The first-order valence-electron chi connectivity index (χ1n) is 13.6. The Bertz CT molecular complexity index is 1470. The summed E-state index contributed by atoms with van der Waals surface area (Å²) in [7, 11) is 0. The van der Waals surface area contributed by atoms with Gasteiger partial charge in [0.05, 0.1) is 26.7 Å². The van der Waals surface area contributed by atoms with Crippen molar-refractivity contribution >= 4 is 28.9 Å². The van der Waals surface area contributed by atoms with Crippen molar-refractivity contribution in [3.8, 4) is 5.69 Å². The Morgan fingerprint density at radius 2 is 1.67 bits per heavy atom. The molecular formula is C29H36N6O3S. The van der Waals surface area contributed by atoms with E-state index in [0.717, 1.165) is 42.7 Å². The smallest absolute Gasteiger partial charge is 0.281 e. The number of likely N-dealkylation sites (tertiary alicyclic amines) is 2. The number of H-pyrrole nitrogens is 1. The molecule has 2 aromatic heterocycles. The Balaban J connectivity index is 1.22.